The van der Waals surface area contributed by atoms with Crippen LogP contribution in [0.5, 0.6) is 0 Å². The Kier molecular flexibility index (Phi) is 7.08. The van der Waals surface area contributed by atoms with Gasteiger partial charge in [-0.05, 0) is 36.1 Å². The van der Waals surface area contributed by atoms with Gasteiger partial charge in [-0.2, -0.15) is 0 Å². The Hall–Kier alpha value is -2.05. The minimum Gasteiger partial charge on any atom is -0.352 e. The quantitative estimate of drug-likeness (QED) is 0.742. The number of nitrogens with zero attached hydrogens (tertiary/aromatic N) is 1. The van der Waals surface area contributed by atoms with Crippen LogP contribution in [0.25, 0.3) is 0 Å². The summed E-state index contributed by atoms with van der Waals surface area (Å²) in [6.45, 7) is 0.666. The Morgan fingerprint density at radius 2 is 2.08 bits per heavy atom. The molecule has 0 saturated carbocycles. The lowest BCUT2D eigenvalue weighted by Crippen LogP contribution is -2.30. The van der Waals surface area contributed by atoms with Crippen molar-refractivity contribution in [2.24, 2.45) is 0 Å². The van der Waals surface area contributed by atoms with Crippen molar-refractivity contribution in [1.29, 1.82) is 0 Å². The third-order valence-electron chi connectivity index (χ3n) is 3.27. The fourth-order valence-electron chi connectivity index (χ4n) is 1.98. The van der Waals surface area contributed by atoms with E-state index in [2.05, 4.69) is 15.6 Å². The Bertz CT molecular complexity index is 710. The largest absolute Gasteiger partial charge is 0.352 e. The van der Waals surface area contributed by atoms with Crippen LogP contribution in [-0.2, 0) is 11.3 Å². The van der Waals surface area contributed by atoms with Gasteiger partial charge in [0.1, 0.15) is 0 Å². The topological polar surface area (TPSA) is 71.1 Å². The van der Waals surface area contributed by atoms with Gasteiger partial charge in [0.15, 0.2) is 0 Å². The summed E-state index contributed by atoms with van der Waals surface area (Å²) in [5.74, 6) is -0.418. The summed E-state index contributed by atoms with van der Waals surface area (Å²) in [6.07, 6.45) is 5.50. The monoisotopic (exact) mass is 363 g/mol. The van der Waals surface area contributed by atoms with Gasteiger partial charge in [-0.3, -0.25) is 14.6 Å². The van der Waals surface area contributed by atoms with Gasteiger partial charge in [0.05, 0.1) is 10.6 Å². The zero-order chi connectivity index (χ0) is 17.4. The molecule has 1 aromatic carbocycles. The molecule has 0 aliphatic heterocycles. The molecule has 0 saturated heterocycles. The van der Waals surface area contributed by atoms with E-state index >= 15 is 0 Å². The van der Waals surface area contributed by atoms with Gasteiger partial charge < -0.3 is 10.6 Å². The number of carbonyl (C=O) groups excluding carboxylic acids is 2. The van der Waals surface area contributed by atoms with Gasteiger partial charge >= 0.3 is 0 Å². The minimum absolute atomic E-state index is 0.136. The van der Waals surface area contributed by atoms with E-state index in [4.69, 9.17) is 11.6 Å². The molecule has 1 heterocycles. The summed E-state index contributed by atoms with van der Waals surface area (Å²) in [5, 5.41) is 5.89. The average molecular weight is 364 g/mol. The maximum absolute atomic E-state index is 12.1. The minimum atomic E-state index is -0.282. The molecule has 0 atom stereocenters. The van der Waals surface area contributed by atoms with Gasteiger partial charge in [-0.25, -0.2) is 0 Å². The maximum atomic E-state index is 12.1. The molecule has 0 unspecified atom stereocenters. The van der Waals surface area contributed by atoms with E-state index in [-0.39, 0.29) is 24.8 Å². The van der Waals surface area contributed by atoms with E-state index in [1.54, 1.807) is 24.5 Å². The average Bonchev–Trinajstić information content (AvgIpc) is 2.61. The van der Waals surface area contributed by atoms with Crippen LogP contribution in [-0.4, -0.2) is 29.6 Å². The number of pyridine rings is 1. The first-order valence-electron chi connectivity index (χ1n) is 7.37. The lowest BCUT2D eigenvalue weighted by molar-refractivity contribution is -0.121. The molecule has 0 spiro atoms. The molecular formula is C17H18ClN3O2S. The predicted molar refractivity (Wildman–Crippen MR) is 96.3 cm³/mol. The molecule has 24 heavy (non-hydrogen) atoms. The number of hydrogen-bond acceptors (Lipinski definition) is 4. The number of amides is 2. The summed E-state index contributed by atoms with van der Waals surface area (Å²) < 4.78 is 0. The summed E-state index contributed by atoms with van der Waals surface area (Å²) in [7, 11) is 0. The molecule has 0 fully saturated rings. The summed E-state index contributed by atoms with van der Waals surface area (Å²) in [4.78, 5) is 28.9. The molecule has 2 aromatic rings. The van der Waals surface area contributed by atoms with Crippen LogP contribution in [0, 0.1) is 0 Å². The normalized spacial score (nSPS) is 10.2. The standard InChI is InChI=1S/C17H18ClN3O2S/c1-24-13-4-5-15(18)14(9-13)17(23)20-8-6-16(22)21-11-12-3-2-7-19-10-12/h2-5,7,9-10H,6,8,11H2,1H3,(H,20,23)(H,21,22). The molecule has 2 amide bonds. The highest BCUT2D eigenvalue weighted by atomic mass is 35.5. The fraction of sp³-hybridized carbons (Fsp3) is 0.235. The number of nitrogens with one attached hydrogen (secondary N) is 2. The number of thioether (sulfide) groups is 1. The lowest BCUT2D eigenvalue weighted by atomic mass is 10.2. The van der Waals surface area contributed by atoms with Crippen molar-refractivity contribution in [2.45, 2.75) is 17.9 Å². The van der Waals surface area contributed by atoms with Gasteiger partial charge in [-0.15, -0.1) is 11.8 Å². The maximum Gasteiger partial charge on any atom is 0.252 e. The van der Waals surface area contributed by atoms with Gasteiger partial charge in [0.25, 0.3) is 5.91 Å². The van der Waals surface area contributed by atoms with Gasteiger partial charge in [0, 0.05) is 36.8 Å². The number of rotatable bonds is 7. The smallest absolute Gasteiger partial charge is 0.252 e. The van der Waals surface area contributed by atoms with Crippen molar-refractivity contribution in [3.8, 4) is 0 Å². The number of halogens is 1. The molecule has 0 aliphatic carbocycles. The zero-order valence-corrected chi connectivity index (χ0v) is 14.8. The van der Waals surface area contributed by atoms with Crippen LogP contribution < -0.4 is 10.6 Å². The molecule has 2 N–H and O–H groups in total. The molecule has 1 aromatic heterocycles. The van der Waals surface area contributed by atoms with Gasteiger partial charge in [-0.1, -0.05) is 17.7 Å². The highest BCUT2D eigenvalue weighted by Crippen LogP contribution is 2.22. The van der Waals surface area contributed by atoms with Gasteiger partial charge in [0.2, 0.25) is 5.91 Å². The van der Waals surface area contributed by atoms with Crippen LogP contribution in [0.1, 0.15) is 22.3 Å². The molecule has 0 aliphatic rings. The third kappa shape index (κ3) is 5.54. The highest BCUT2D eigenvalue weighted by molar-refractivity contribution is 7.98. The molecule has 2 rings (SSSR count). The predicted octanol–water partition coefficient (Wildman–Crippen LogP) is 2.89. The van der Waals surface area contributed by atoms with Crippen LogP contribution in [0.15, 0.2) is 47.6 Å². The van der Waals surface area contributed by atoms with E-state index in [0.29, 0.717) is 17.1 Å². The van der Waals surface area contributed by atoms with Crippen LogP contribution in [0.4, 0.5) is 0 Å². The van der Waals surface area contributed by atoms with Crippen molar-refractivity contribution in [1.82, 2.24) is 15.6 Å². The van der Waals surface area contributed by atoms with Crippen molar-refractivity contribution in [3.05, 3.63) is 58.9 Å². The Morgan fingerprint density at radius 1 is 1.25 bits per heavy atom. The second-order valence-electron chi connectivity index (χ2n) is 4.99. The van der Waals surface area contributed by atoms with Crippen LogP contribution in [0.3, 0.4) is 0 Å². The molecule has 0 radical (unpaired) electrons. The first-order valence-corrected chi connectivity index (χ1v) is 8.97. The number of hydrogen-bond donors (Lipinski definition) is 2. The first-order chi connectivity index (χ1) is 11.6. The second-order valence-corrected chi connectivity index (χ2v) is 6.28. The van der Waals surface area contributed by atoms with E-state index in [1.165, 1.54) is 11.8 Å². The lowest BCUT2D eigenvalue weighted by Gasteiger charge is -2.08. The number of carbonyl (C=O) groups is 2. The van der Waals surface area contributed by atoms with E-state index in [1.807, 2.05) is 24.5 Å². The summed E-state index contributed by atoms with van der Waals surface area (Å²) in [5.41, 5.74) is 1.34. The third-order valence-corrected chi connectivity index (χ3v) is 4.32. The molecule has 0 bridgehead atoms. The van der Waals surface area contributed by atoms with Crippen molar-refractivity contribution in [2.75, 3.05) is 12.8 Å². The number of aromatic nitrogens is 1. The van der Waals surface area contributed by atoms with E-state index < -0.39 is 0 Å². The molecule has 7 heteroatoms. The molecule has 126 valence electrons. The highest BCUT2D eigenvalue weighted by Gasteiger charge is 2.11. The Labute approximate surface area is 150 Å². The van der Waals surface area contributed by atoms with Crippen LogP contribution >= 0.6 is 23.4 Å². The second kappa shape index (κ2) is 9.30. The van der Waals surface area contributed by atoms with Crippen LogP contribution in [0.2, 0.25) is 5.02 Å². The van der Waals surface area contributed by atoms with Crippen molar-refractivity contribution in [3.63, 3.8) is 0 Å². The molecular weight excluding hydrogens is 346 g/mol. The Morgan fingerprint density at radius 3 is 2.79 bits per heavy atom. The van der Waals surface area contributed by atoms with E-state index in [9.17, 15) is 9.59 Å². The first kappa shape index (κ1) is 18.3. The summed E-state index contributed by atoms with van der Waals surface area (Å²) >= 11 is 7.59. The summed E-state index contributed by atoms with van der Waals surface area (Å²) in [6, 6.07) is 8.99. The zero-order valence-electron chi connectivity index (χ0n) is 13.2. The van der Waals surface area contributed by atoms with E-state index in [0.717, 1.165) is 10.5 Å². The fourth-order valence-corrected chi connectivity index (χ4v) is 2.63. The Balaban J connectivity index is 1.77. The van der Waals surface area contributed by atoms with Crippen molar-refractivity contribution < 1.29 is 9.59 Å². The van der Waals surface area contributed by atoms with Crippen molar-refractivity contribution >= 4 is 35.2 Å². The SMILES string of the molecule is CSc1ccc(Cl)c(C(=O)NCCC(=O)NCc2cccnc2)c1. The molecule has 5 nitrogen and oxygen atoms in total. The number of benzene rings is 1.